The normalized spacial score (nSPS) is 12.9. The summed E-state index contributed by atoms with van der Waals surface area (Å²) in [5, 5.41) is 0. The van der Waals surface area contributed by atoms with Crippen LogP contribution in [0.5, 0.6) is 5.75 Å². The molecule has 0 saturated carbocycles. The maximum absolute atomic E-state index is 11.8. The topological polar surface area (TPSA) is 35.5 Å². The fourth-order valence-corrected chi connectivity index (χ4v) is 1.95. The van der Waals surface area contributed by atoms with Crippen LogP contribution in [0, 0.1) is 18.3 Å². The van der Waals surface area contributed by atoms with Crippen molar-refractivity contribution >= 4 is 5.97 Å². The van der Waals surface area contributed by atoms with Gasteiger partial charge in [-0.1, -0.05) is 38.5 Å². The first-order valence-corrected chi connectivity index (χ1v) is 6.59. The highest BCUT2D eigenvalue weighted by molar-refractivity contribution is 5.72. The number of ether oxygens (including phenoxy) is 2. The lowest BCUT2D eigenvalue weighted by Crippen LogP contribution is -2.27. The summed E-state index contributed by atoms with van der Waals surface area (Å²) >= 11 is 0. The Balaban J connectivity index is 2.62. The van der Waals surface area contributed by atoms with Crippen LogP contribution in [0.3, 0.4) is 0 Å². The lowest BCUT2D eigenvalue weighted by atomic mass is 9.85. The zero-order valence-electron chi connectivity index (χ0n) is 12.5. The Morgan fingerprint density at radius 3 is 2.26 bits per heavy atom. The summed E-state index contributed by atoms with van der Waals surface area (Å²) in [6, 6.07) is 7.82. The van der Waals surface area contributed by atoms with Crippen LogP contribution in [-0.2, 0) is 9.53 Å². The summed E-state index contributed by atoms with van der Waals surface area (Å²) in [5.41, 5.74) is 1.25. The van der Waals surface area contributed by atoms with Gasteiger partial charge in [0.2, 0.25) is 0 Å². The first-order valence-electron chi connectivity index (χ1n) is 6.59. The van der Waals surface area contributed by atoms with Crippen LogP contribution >= 0.6 is 0 Å². The van der Waals surface area contributed by atoms with Gasteiger partial charge in [0.1, 0.15) is 12.4 Å². The molecular weight excluding hydrogens is 240 g/mol. The smallest absolute Gasteiger partial charge is 0.312 e. The number of rotatable bonds is 5. The molecule has 1 rings (SSSR count). The molecule has 3 nitrogen and oxygen atoms in total. The molecule has 0 spiro atoms. The zero-order valence-corrected chi connectivity index (χ0v) is 12.5. The minimum Gasteiger partial charge on any atom is -0.493 e. The van der Waals surface area contributed by atoms with Crippen molar-refractivity contribution < 1.29 is 14.3 Å². The van der Waals surface area contributed by atoms with Gasteiger partial charge in [0.25, 0.3) is 0 Å². The highest BCUT2D eigenvalue weighted by Crippen LogP contribution is 2.26. The highest BCUT2D eigenvalue weighted by Gasteiger charge is 2.26. The molecule has 0 bridgehead atoms. The molecule has 106 valence electrons. The third-order valence-corrected chi connectivity index (χ3v) is 2.87. The first kappa shape index (κ1) is 15.5. The maximum atomic E-state index is 11.8. The Labute approximate surface area is 115 Å². The number of hydrogen-bond donors (Lipinski definition) is 0. The van der Waals surface area contributed by atoms with E-state index in [1.54, 1.807) is 0 Å². The van der Waals surface area contributed by atoms with E-state index in [0.717, 1.165) is 12.2 Å². The molecule has 1 aromatic rings. The van der Waals surface area contributed by atoms with Crippen LogP contribution in [0.15, 0.2) is 24.3 Å². The van der Waals surface area contributed by atoms with Crippen molar-refractivity contribution in [1.29, 1.82) is 0 Å². The maximum Gasteiger partial charge on any atom is 0.312 e. The number of carbonyl (C=O) groups is 1. The average Bonchev–Trinajstić information content (AvgIpc) is 2.34. The van der Waals surface area contributed by atoms with Crippen molar-refractivity contribution in [1.82, 2.24) is 0 Å². The van der Waals surface area contributed by atoms with Crippen LogP contribution in [0.25, 0.3) is 0 Å². The monoisotopic (exact) mass is 264 g/mol. The van der Waals surface area contributed by atoms with Gasteiger partial charge in [0, 0.05) is 0 Å². The van der Waals surface area contributed by atoms with Gasteiger partial charge in [-0.15, -0.1) is 0 Å². The quantitative estimate of drug-likeness (QED) is 0.762. The number of benzene rings is 1. The van der Waals surface area contributed by atoms with E-state index in [0.29, 0.717) is 6.61 Å². The van der Waals surface area contributed by atoms with Crippen molar-refractivity contribution in [2.24, 2.45) is 11.3 Å². The Bertz CT molecular complexity index is 401. The molecule has 1 atom stereocenters. The second-order valence-corrected chi connectivity index (χ2v) is 6.11. The summed E-state index contributed by atoms with van der Waals surface area (Å²) < 4.78 is 10.5. The zero-order chi connectivity index (χ0) is 14.5. The molecule has 1 unspecified atom stereocenters. The van der Waals surface area contributed by atoms with E-state index in [2.05, 4.69) is 20.8 Å². The van der Waals surface area contributed by atoms with Gasteiger partial charge in [-0.05, 0) is 30.9 Å². The van der Waals surface area contributed by atoms with Gasteiger partial charge in [-0.3, -0.25) is 4.79 Å². The fraction of sp³-hybridized carbons (Fsp3) is 0.562. The predicted molar refractivity (Wildman–Crippen MR) is 76.3 cm³/mol. The number of methoxy groups -OCH3 is 1. The lowest BCUT2D eigenvalue weighted by molar-refractivity contribution is -0.147. The van der Waals surface area contributed by atoms with E-state index in [4.69, 9.17) is 9.47 Å². The number of hydrogen-bond acceptors (Lipinski definition) is 3. The molecule has 0 saturated heterocycles. The Morgan fingerprint density at radius 1 is 1.21 bits per heavy atom. The molecule has 0 heterocycles. The second-order valence-electron chi connectivity index (χ2n) is 6.11. The van der Waals surface area contributed by atoms with E-state index in [1.165, 1.54) is 12.7 Å². The molecule has 0 aliphatic carbocycles. The first-order chi connectivity index (χ1) is 8.81. The van der Waals surface area contributed by atoms with Crippen LogP contribution in [0.4, 0.5) is 0 Å². The number of carbonyl (C=O) groups excluding carboxylic acids is 1. The molecule has 0 amide bonds. The van der Waals surface area contributed by atoms with Gasteiger partial charge in [-0.25, -0.2) is 0 Å². The van der Waals surface area contributed by atoms with Gasteiger partial charge < -0.3 is 9.47 Å². The highest BCUT2D eigenvalue weighted by atomic mass is 16.5. The Kier molecular flexibility index (Phi) is 5.40. The fourth-order valence-electron chi connectivity index (χ4n) is 1.95. The van der Waals surface area contributed by atoms with E-state index in [-0.39, 0.29) is 17.3 Å². The third kappa shape index (κ3) is 5.77. The minimum absolute atomic E-state index is 0.0650. The lowest BCUT2D eigenvalue weighted by Gasteiger charge is -2.24. The van der Waals surface area contributed by atoms with E-state index < -0.39 is 0 Å². The summed E-state index contributed by atoms with van der Waals surface area (Å²) in [7, 11) is 1.42. The predicted octanol–water partition coefficient (Wildman–Crippen LogP) is 3.60. The molecule has 0 fully saturated rings. The van der Waals surface area contributed by atoms with Gasteiger partial charge in [0.15, 0.2) is 0 Å². The molecule has 0 N–H and O–H groups in total. The van der Waals surface area contributed by atoms with Crippen LogP contribution in [0.2, 0.25) is 0 Å². The molecule has 1 aromatic carbocycles. The molecule has 19 heavy (non-hydrogen) atoms. The molecule has 0 aliphatic rings. The van der Waals surface area contributed by atoms with Gasteiger partial charge in [-0.2, -0.15) is 0 Å². The standard InChI is InChI=1S/C16H24O3/c1-12-6-8-14(9-7-12)19-11-13(15(17)18-5)10-16(2,3)4/h6-9,13H,10-11H2,1-5H3. The van der Waals surface area contributed by atoms with Crippen LogP contribution in [-0.4, -0.2) is 19.7 Å². The second kappa shape index (κ2) is 6.60. The van der Waals surface area contributed by atoms with Crippen molar-refractivity contribution in [2.45, 2.75) is 34.1 Å². The molecule has 0 radical (unpaired) electrons. The number of esters is 1. The van der Waals surface area contributed by atoms with E-state index in [9.17, 15) is 4.79 Å². The summed E-state index contributed by atoms with van der Waals surface area (Å²) in [6.45, 7) is 8.70. The SMILES string of the molecule is COC(=O)C(COc1ccc(C)cc1)CC(C)(C)C. The molecule has 0 aromatic heterocycles. The summed E-state index contributed by atoms with van der Waals surface area (Å²) in [4.78, 5) is 11.8. The van der Waals surface area contributed by atoms with Crippen LogP contribution < -0.4 is 4.74 Å². The summed E-state index contributed by atoms with van der Waals surface area (Å²) in [5.74, 6) is 0.349. The average molecular weight is 264 g/mol. The molecular formula is C16H24O3. The van der Waals surface area contributed by atoms with Crippen molar-refractivity contribution in [3.63, 3.8) is 0 Å². The summed E-state index contributed by atoms with van der Waals surface area (Å²) in [6.07, 6.45) is 0.742. The van der Waals surface area contributed by atoms with Crippen molar-refractivity contribution in [3.8, 4) is 5.75 Å². The van der Waals surface area contributed by atoms with Gasteiger partial charge in [0.05, 0.1) is 13.0 Å². The van der Waals surface area contributed by atoms with Gasteiger partial charge >= 0.3 is 5.97 Å². The Hall–Kier alpha value is -1.51. The molecule has 0 aliphatic heterocycles. The minimum atomic E-state index is -0.230. The van der Waals surface area contributed by atoms with E-state index in [1.807, 2.05) is 31.2 Å². The van der Waals surface area contributed by atoms with Crippen molar-refractivity contribution in [2.75, 3.05) is 13.7 Å². The Morgan fingerprint density at radius 2 is 1.79 bits per heavy atom. The van der Waals surface area contributed by atoms with Crippen molar-refractivity contribution in [3.05, 3.63) is 29.8 Å². The third-order valence-electron chi connectivity index (χ3n) is 2.87. The largest absolute Gasteiger partial charge is 0.493 e. The van der Waals surface area contributed by atoms with Crippen LogP contribution in [0.1, 0.15) is 32.8 Å². The van der Waals surface area contributed by atoms with E-state index >= 15 is 0 Å². The number of aryl methyl sites for hydroxylation is 1. The molecule has 3 heteroatoms.